The topological polar surface area (TPSA) is 57.7 Å². The molecule has 1 aliphatic rings. The van der Waals surface area contributed by atoms with E-state index in [1.165, 1.54) is 30.3 Å². The summed E-state index contributed by atoms with van der Waals surface area (Å²) >= 11 is 6.12. The van der Waals surface area contributed by atoms with Crippen LogP contribution >= 0.6 is 11.6 Å². The van der Waals surface area contributed by atoms with Crippen molar-refractivity contribution in [1.29, 1.82) is 0 Å². The predicted molar refractivity (Wildman–Crippen MR) is 111 cm³/mol. The summed E-state index contributed by atoms with van der Waals surface area (Å²) in [5.41, 5.74) is 0.966. The van der Waals surface area contributed by atoms with Gasteiger partial charge in [-0.2, -0.15) is 4.31 Å². The van der Waals surface area contributed by atoms with Gasteiger partial charge < -0.3 is 4.90 Å². The molecule has 0 atom stereocenters. The van der Waals surface area contributed by atoms with Gasteiger partial charge in [-0.25, -0.2) is 12.8 Å². The van der Waals surface area contributed by atoms with Gasteiger partial charge in [0.1, 0.15) is 5.82 Å². The summed E-state index contributed by atoms with van der Waals surface area (Å²) < 4.78 is 41.9. The van der Waals surface area contributed by atoms with E-state index in [-0.39, 0.29) is 34.5 Å². The second-order valence-corrected chi connectivity index (χ2v) is 9.57. The Kier molecular flexibility index (Phi) is 6.93. The van der Waals surface area contributed by atoms with Crippen molar-refractivity contribution in [3.8, 4) is 0 Å². The Morgan fingerprint density at radius 1 is 1.10 bits per heavy atom. The minimum Gasteiger partial charge on any atom is -0.342 e. The average molecular weight is 439 g/mol. The molecule has 8 heteroatoms. The lowest BCUT2D eigenvalue weighted by atomic mass is 10.1. The van der Waals surface area contributed by atoms with Crippen molar-refractivity contribution in [2.24, 2.45) is 0 Å². The number of hydrogen-bond donors (Lipinski definition) is 0. The summed E-state index contributed by atoms with van der Waals surface area (Å²) in [5.74, 6) is -0.889. The van der Waals surface area contributed by atoms with Gasteiger partial charge in [-0.3, -0.25) is 4.79 Å². The molecule has 1 aliphatic heterocycles. The van der Waals surface area contributed by atoms with E-state index < -0.39 is 15.8 Å². The van der Waals surface area contributed by atoms with E-state index in [9.17, 15) is 17.6 Å². The summed E-state index contributed by atoms with van der Waals surface area (Å²) in [6, 6.07) is 10.5. The third-order valence-corrected chi connectivity index (χ3v) is 7.24. The molecular formula is C21H24ClFN2O3S. The summed E-state index contributed by atoms with van der Waals surface area (Å²) in [4.78, 5) is 14.5. The van der Waals surface area contributed by atoms with Gasteiger partial charge in [0.15, 0.2) is 0 Å². The van der Waals surface area contributed by atoms with Crippen LogP contribution in [0.5, 0.6) is 0 Å². The second-order valence-electron chi connectivity index (χ2n) is 7.23. The first-order valence-corrected chi connectivity index (χ1v) is 11.4. The van der Waals surface area contributed by atoms with Gasteiger partial charge in [0.05, 0.1) is 11.4 Å². The van der Waals surface area contributed by atoms with Crippen LogP contribution in [0.1, 0.15) is 30.4 Å². The number of amides is 1. The second kappa shape index (κ2) is 9.24. The maximum Gasteiger partial charge on any atom is 0.243 e. The number of piperidine rings is 1. The summed E-state index contributed by atoms with van der Waals surface area (Å²) in [7, 11) is -4.02. The number of likely N-dealkylation sites (tertiary alicyclic amines) is 1. The number of rotatable bonds is 6. The minimum atomic E-state index is -4.02. The quantitative estimate of drug-likeness (QED) is 0.685. The zero-order valence-electron chi connectivity index (χ0n) is 16.3. The number of nitrogens with zero attached hydrogens (tertiary/aromatic N) is 2. The molecule has 1 saturated heterocycles. The highest BCUT2D eigenvalue weighted by molar-refractivity contribution is 7.89. The Hall–Kier alpha value is -1.96. The van der Waals surface area contributed by atoms with E-state index in [1.54, 1.807) is 17.0 Å². The lowest BCUT2D eigenvalue weighted by Gasteiger charge is -2.30. The first-order chi connectivity index (χ1) is 13.8. The molecule has 5 nitrogen and oxygen atoms in total. The third-order valence-electron chi connectivity index (χ3n) is 5.08. The van der Waals surface area contributed by atoms with Crippen LogP contribution in [-0.2, 0) is 21.4 Å². The van der Waals surface area contributed by atoms with Crippen molar-refractivity contribution >= 4 is 27.5 Å². The fourth-order valence-corrected chi connectivity index (χ4v) is 4.92. The molecule has 0 aliphatic carbocycles. The van der Waals surface area contributed by atoms with E-state index in [0.29, 0.717) is 13.1 Å². The molecule has 0 unspecified atom stereocenters. The highest BCUT2D eigenvalue weighted by atomic mass is 35.5. The Bertz CT molecular complexity index is 954. The molecule has 0 radical (unpaired) electrons. The summed E-state index contributed by atoms with van der Waals surface area (Å²) in [5, 5.41) is 0.125. The fraction of sp³-hybridized carbons (Fsp3) is 0.381. The molecule has 0 saturated carbocycles. The Morgan fingerprint density at radius 2 is 1.76 bits per heavy atom. The third kappa shape index (κ3) is 5.15. The predicted octanol–water partition coefficient (Wildman–Crippen LogP) is 3.99. The van der Waals surface area contributed by atoms with Gasteiger partial charge >= 0.3 is 0 Å². The molecule has 2 aromatic carbocycles. The minimum absolute atomic E-state index is 0.0521. The number of sulfonamides is 1. The van der Waals surface area contributed by atoms with E-state index in [1.807, 2.05) is 6.92 Å². The molecule has 1 fully saturated rings. The van der Waals surface area contributed by atoms with Crippen LogP contribution in [0.15, 0.2) is 47.4 Å². The first-order valence-electron chi connectivity index (χ1n) is 9.56. The highest BCUT2D eigenvalue weighted by Gasteiger charge is 2.30. The summed E-state index contributed by atoms with van der Waals surface area (Å²) in [6.07, 6.45) is 2.85. The fourth-order valence-electron chi connectivity index (χ4n) is 3.34. The highest BCUT2D eigenvalue weighted by Crippen LogP contribution is 2.25. The zero-order chi connectivity index (χ0) is 21.0. The molecule has 0 bridgehead atoms. The number of aryl methyl sites for hydroxylation is 1. The van der Waals surface area contributed by atoms with Crippen LogP contribution in [0, 0.1) is 12.7 Å². The largest absolute Gasteiger partial charge is 0.342 e. The molecule has 1 amide bonds. The van der Waals surface area contributed by atoms with Gasteiger partial charge in [0.25, 0.3) is 0 Å². The maximum atomic E-state index is 14.3. The van der Waals surface area contributed by atoms with Gasteiger partial charge in [0, 0.05) is 30.2 Å². The van der Waals surface area contributed by atoms with E-state index in [2.05, 4.69) is 0 Å². The van der Waals surface area contributed by atoms with E-state index >= 15 is 0 Å². The maximum absolute atomic E-state index is 14.3. The van der Waals surface area contributed by atoms with Crippen molar-refractivity contribution in [2.75, 3.05) is 19.6 Å². The van der Waals surface area contributed by atoms with Gasteiger partial charge in [0.2, 0.25) is 15.9 Å². The van der Waals surface area contributed by atoms with Crippen molar-refractivity contribution < 1.29 is 17.6 Å². The Morgan fingerprint density at radius 3 is 2.38 bits per heavy atom. The SMILES string of the molecule is Cc1ccc(S(=O)(=O)N(CC(=O)N2CCCCC2)Cc2c(F)cccc2Cl)cc1. The van der Waals surface area contributed by atoms with Crippen LogP contribution in [0.4, 0.5) is 4.39 Å². The Balaban J connectivity index is 1.94. The molecule has 0 aromatic heterocycles. The molecule has 2 aromatic rings. The molecule has 0 N–H and O–H groups in total. The molecule has 156 valence electrons. The monoisotopic (exact) mass is 438 g/mol. The number of hydrogen-bond acceptors (Lipinski definition) is 3. The number of carbonyl (C=O) groups excluding carboxylic acids is 1. The van der Waals surface area contributed by atoms with Gasteiger partial charge in [-0.15, -0.1) is 0 Å². The van der Waals surface area contributed by atoms with Crippen molar-refractivity contribution in [3.05, 3.63) is 64.4 Å². The van der Waals surface area contributed by atoms with E-state index in [4.69, 9.17) is 11.6 Å². The van der Waals surface area contributed by atoms with Crippen LogP contribution in [0.2, 0.25) is 5.02 Å². The number of carbonyl (C=O) groups is 1. The van der Waals surface area contributed by atoms with Crippen LogP contribution in [0.25, 0.3) is 0 Å². The van der Waals surface area contributed by atoms with Crippen LogP contribution in [0.3, 0.4) is 0 Å². The Labute approximate surface area is 176 Å². The lowest BCUT2D eigenvalue weighted by Crippen LogP contribution is -2.44. The lowest BCUT2D eigenvalue weighted by molar-refractivity contribution is -0.132. The molecule has 3 rings (SSSR count). The molecule has 29 heavy (non-hydrogen) atoms. The van der Waals surface area contributed by atoms with Crippen LogP contribution < -0.4 is 0 Å². The van der Waals surface area contributed by atoms with Crippen molar-refractivity contribution in [1.82, 2.24) is 9.21 Å². The van der Waals surface area contributed by atoms with Crippen molar-refractivity contribution in [3.63, 3.8) is 0 Å². The van der Waals surface area contributed by atoms with Gasteiger partial charge in [-0.1, -0.05) is 35.4 Å². The normalized spacial score (nSPS) is 15.0. The molecule has 1 heterocycles. The number of benzene rings is 2. The molecule has 0 spiro atoms. The smallest absolute Gasteiger partial charge is 0.243 e. The van der Waals surface area contributed by atoms with Crippen LogP contribution in [-0.4, -0.2) is 43.2 Å². The standard InChI is InChI=1S/C21H24ClFN2O3S/c1-16-8-10-17(11-9-16)29(27,28)25(14-18-19(22)6-5-7-20(18)23)15-21(26)24-12-3-2-4-13-24/h5-11H,2-4,12-15H2,1H3. The van der Waals surface area contributed by atoms with Crippen molar-refractivity contribution in [2.45, 2.75) is 37.6 Å². The van der Waals surface area contributed by atoms with Gasteiger partial charge in [-0.05, 0) is 50.5 Å². The number of halogens is 2. The van der Waals surface area contributed by atoms with E-state index in [0.717, 1.165) is 29.1 Å². The summed E-state index contributed by atoms with van der Waals surface area (Å²) in [6.45, 7) is 2.39. The zero-order valence-corrected chi connectivity index (χ0v) is 17.8. The first kappa shape index (κ1) is 21.7. The molecular weight excluding hydrogens is 415 g/mol. The average Bonchev–Trinajstić information content (AvgIpc) is 2.70.